The van der Waals surface area contributed by atoms with Crippen molar-refractivity contribution in [3.8, 4) is 5.75 Å². The number of hydrogen-bond acceptors (Lipinski definition) is 3. The molecule has 0 unspecified atom stereocenters. The highest BCUT2D eigenvalue weighted by Crippen LogP contribution is 2.23. The predicted molar refractivity (Wildman–Crippen MR) is 125 cm³/mol. The number of carbonyl (C=O) groups excluding carboxylic acids is 1. The molecule has 4 nitrogen and oxygen atoms in total. The molecule has 168 valence electrons. The van der Waals surface area contributed by atoms with Crippen LogP contribution in [0.3, 0.4) is 0 Å². The zero-order chi connectivity index (χ0) is 23.0. The number of pyridine rings is 1. The van der Waals surface area contributed by atoms with Crippen molar-refractivity contribution in [2.75, 3.05) is 6.61 Å². The molecule has 0 atom stereocenters. The number of benzene rings is 2. The van der Waals surface area contributed by atoms with Crippen LogP contribution in [0.1, 0.15) is 43.9 Å². The van der Waals surface area contributed by atoms with Gasteiger partial charge in [0.1, 0.15) is 11.6 Å². The van der Waals surface area contributed by atoms with Crippen LogP contribution >= 0.6 is 0 Å². The third kappa shape index (κ3) is 7.80. The van der Waals surface area contributed by atoms with Crippen LogP contribution in [0, 0.1) is 11.2 Å². The highest BCUT2D eigenvalue weighted by molar-refractivity contribution is 5.76. The first-order valence-electron chi connectivity index (χ1n) is 10.9. The van der Waals surface area contributed by atoms with Gasteiger partial charge in [-0.2, -0.15) is 0 Å². The van der Waals surface area contributed by atoms with Gasteiger partial charge in [-0.25, -0.2) is 4.39 Å². The molecule has 0 fully saturated rings. The van der Waals surface area contributed by atoms with Gasteiger partial charge in [0.05, 0.1) is 6.61 Å². The van der Waals surface area contributed by atoms with E-state index in [1.807, 2.05) is 41.3 Å². The number of amides is 1. The summed E-state index contributed by atoms with van der Waals surface area (Å²) in [4.78, 5) is 19.0. The predicted octanol–water partition coefficient (Wildman–Crippen LogP) is 5.81. The highest BCUT2D eigenvalue weighted by Gasteiger charge is 2.22. The van der Waals surface area contributed by atoms with Gasteiger partial charge in [-0.05, 0) is 58.5 Å². The molecule has 0 aliphatic carbocycles. The molecule has 1 heterocycles. The molecule has 32 heavy (non-hydrogen) atoms. The van der Waals surface area contributed by atoms with E-state index in [9.17, 15) is 9.18 Å². The number of halogens is 1. The Morgan fingerprint density at radius 2 is 1.62 bits per heavy atom. The van der Waals surface area contributed by atoms with Gasteiger partial charge < -0.3 is 9.64 Å². The van der Waals surface area contributed by atoms with Crippen molar-refractivity contribution in [1.29, 1.82) is 0 Å². The zero-order valence-electron chi connectivity index (χ0n) is 19.1. The minimum atomic E-state index is -0.236. The molecule has 0 saturated carbocycles. The van der Waals surface area contributed by atoms with Crippen LogP contribution in [0.2, 0.25) is 0 Å². The zero-order valence-corrected chi connectivity index (χ0v) is 19.1. The Morgan fingerprint density at radius 1 is 0.938 bits per heavy atom. The van der Waals surface area contributed by atoms with Crippen LogP contribution in [-0.2, 0) is 24.3 Å². The molecule has 5 heteroatoms. The lowest BCUT2D eigenvalue weighted by Crippen LogP contribution is -2.32. The molecule has 0 saturated heterocycles. The fraction of sp³-hybridized carbons (Fsp3) is 0.333. The molecule has 0 aliphatic rings. The van der Waals surface area contributed by atoms with Crippen molar-refractivity contribution in [3.63, 3.8) is 0 Å². The highest BCUT2D eigenvalue weighted by atomic mass is 19.1. The summed E-state index contributed by atoms with van der Waals surface area (Å²) in [5.41, 5.74) is 3.01. The smallest absolute Gasteiger partial charge is 0.223 e. The molecule has 2 aromatic carbocycles. The summed E-state index contributed by atoms with van der Waals surface area (Å²) >= 11 is 0. The van der Waals surface area contributed by atoms with E-state index in [0.717, 1.165) is 22.4 Å². The minimum absolute atomic E-state index is 0.0844. The summed E-state index contributed by atoms with van der Waals surface area (Å²) in [6.07, 6.45) is 4.67. The van der Waals surface area contributed by atoms with Crippen molar-refractivity contribution >= 4 is 5.91 Å². The van der Waals surface area contributed by atoms with Crippen molar-refractivity contribution in [2.45, 2.75) is 46.7 Å². The quantitative estimate of drug-likeness (QED) is 0.427. The summed E-state index contributed by atoms with van der Waals surface area (Å²) in [6.45, 7) is 7.76. The molecular formula is C27H31FN2O2. The molecule has 0 bridgehead atoms. The van der Waals surface area contributed by atoms with Gasteiger partial charge in [-0.1, -0.05) is 45.0 Å². The molecule has 3 aromatic rings. The van der Waals surface area contributed by atoms with Crippen LogP contribution < -0.4 is 4.74 Å². The maximum absolute atomic E-state index is 13.1. The fourth-order valence-electron chi connectivity index (χ4n) is 3.40. The van der Waals surface area contributed by atoms with E-state index in [4.69, 9.17) is 4.74 Å². The van der Waals surface area contributed by atoms with Crippen LogP contribution in [-0.4, -0.2) is 22.4 Å². The molecule has 0 N–H and O–H groups in total. The van der Waals surface area contributed by atoms with E-state index in [2.05, 4.69) is 25.8 Å². The van der Waals surface area contributed by atoms with Crippen molar-refractivity contribution < 1.29 is 13.9 Å². The summed E-state index contributed by atoms with van der Waals surface area (Å²) in [5.74, 6) is 0.647. The normalized spacial score (nSPS) is 11.2. The van der Waals surface area contributed by atoms with Crippen LogP contribution in [0.15, 0.2) is 73.1 Å². The number of nitrogens with zero attached hydrogens (tertiary/aromatic N) is 2. The molecule has 0 spiro atoms. The monoisotopic (exact) mass is 434 g/mol. The second-order valence-electron chi connectivity index (χ2n) is 9.22. The van der Waals surface area contributed by atoms with Gasteiger partial charge in [-0.15, -0.1) is 0 Å². The maximum atomic E-state index is 13.1. The first-order valence-corrected chi connectivity index (χ1v) is 10.9. The number of ether oxygens (including phenoxy) is 1. The Bertz CT molecular complexity index is 998. The molecular weight excluding hydrogens is 403 g/mol. The topological polar surface area (TPSA) is 42.4 Å². The summed E-state index contributed by atoms with van der Waals surface area (Å²) in [6, 6.07) is 18.2. The summed E-state index contributed by atoms with van der Waals surface area (Å²) < 4.78 is 19.0. The largest absolute Gasteiger partial charge is 0.493 e. The Hall–Kier alpha value is -3.21. The summed E-state index contributed by atoms with van der Waals surface area (Å²) in [5, 5.41) is 0. The molecule has 0 aliphatic heterocycles. The fourth-order valence-corrected chi connectivity index (χ4v) is 3.40. The van der Waals surface area contributed by atoms with E-state index in [-0.39, 0.29) is 17.1 Å². The third-order valence-corrected chi connectivity index (χ3v) is 5.00. The first kappa shape index (κ1) is 23.5. The Kier molecular flexibility index (Phi) is 7.98. The first-order chi connectivity index (χ1) is 15.3. The van der Waals surface area contributed by atoms with Gasteiger partial charge in [0.2, 0.25) is 5.91 Å². The lowest BCUT2D eigenvalue weighted by atomic mass is 9.91. The number of aromatic nitrogens is 1. The maximum Gasteiger partial charge on any atom is 0.223 e. The van der Waals surface area contributed by atoms with Crippen molar-refractivity contribution in [2.24, 2.45) is 5.41 Å². The summed E-state index contributed by atoms with van der Waals surface area (Å²) in [7, 11) is 0. The second kappa shape index (κ2) is 10.9. The number of rotatable bonds is 9. The molecule has 1 aromatic heterocycles. The average Bonchev–Trinajstić information content (AvgIpc) is 2.75. The van der Waals surface area contributed by atoms with Gasteiger partial charge in [-0.3, -0.25) is 9.78 Å². The molecule has 0 radical (unpaired) electrons. The average molecular weight is 435 g/mol. The SMILES string of the molecule is CC(C)(C)CC(=O)N(Cc1ccncc1)Cc1cccc(OCCc2ccc(F)cc2)c1. The van der Waals surface area contributed by atoms with Crippen molar-refractivity contribution in [1.82, 2.24) is 9.88 Å². The standard InChI is InChI=1S/C27H31FN2O2/c1-27(2,3)18-26(31)30(19-22-11-14-29-15-12-22)20-23-5-4-6-25(17-23)32-16-13-21-7-9-24(28)10-8-21/h4-12,14-15,17H,13,16,18-20H2,1-3H3. The van der Waals surface area contributed by atoms with Gasteiger partial charge in [0.25, 0.3) is 0 Å². The molecule has 3 rings (SSSR count). The lowest BCUT2D eigenvalue weighted by Gasteiger charge is -2.27. The molecule has 1 amide bonds. The van der Waals surface area contributed by atoms with E-state index < -0.39 is 0 Å². The Labute approximate surface area is 190 Å². The second-order valence-corrected chi connectivity index (χ2v) is 9.22. The van der Waals surface area contributed by atoms with Crippen LogP contribution in [0.5, 0.6) is 5.75 Å². The minimum Gasteiger partial charge on any atom is -0.493 e. The van der Waals surface area contributed by atoms with E-state index >= 15 is 0 Å². The van der Waals surface area contributed by atoms with Gasteiger partial charge in [0.15, 0.2) is 0 Å². The van der Waals surface area contributed by atoms with E-state index in [0.29, 0.717) is 32.5 Å². The Balaban J connectivity index is 1.65. The van der Waals surface area contributed by atoms with E-state index in [1.165, 1.54) is 12.1 Å². The third-order valence-electron chi connectivity index (χ3n) is 5.00. The van der Waals surface area contributed by atoms with E-state index in [1.54, 1.807) is 24.5 Å². The van der Waals surface area contributed by atoms with Gasteiger partial charge in [0, 0.05) is 38.3 Å². The lowest BCUT2D eigenvalue weighted by molar-refractivity contribution is -0.134. The van der Waals surface area contributed by atoms with Crippen LogP contribution in [0.25, 0.3) is 0 Å². The Morgan fingerprint density at radius 3 is 2.31 bits per heavy atom. The number of carbonyl (C=O) groups is 1. The number of hydrogen-bond donors (Lipinski definition) is 0. The van der Waals surface area contributed by atoms with Gasteiger partial charge >= 0.3 is 0 Å². The van der Waals surface area contributed by atoms with Crippen LogP contribution in [0.4, 0.5) is 4.39 Å². The van der Waals surface area contributed by atoms with Crippen molar-refractivity contribution in [3.05, 3.63) is 95.6 Å².